The zero-order valence-electron chi connectivity index (χ0n) is 14.9. The third kappa shape index (κ3) is 3.44. The van der Waals surface area contributed by atoms with E-state index in [0.717, 1.165) is 17.0 Å². The first-order valence-electron chi connectivity index (χ1n) is 8.33. The molecule has 8 heteroatoms. The predicted molar refractivity (Wildman–Crippen MR) is 95.5 cm³/mol. The van der Waals surface area contributed by atoms with E-state index in [1.54, 1.807) is 28.9 Å². The zero-order chi connectivity index (χ0) is 18.8. The summed E-state index contributed by atoms with van der Waals surface area (Å²) in [6, 6.07) is 5.81. The first kappa shape index (κ1) is 17.7. The standard InChI is InChI=1S/C18H21N5O3/c1-10-13(11(2)23(3)22-10)9-19-16(24)8-15-18(26)20-14-7-5-4-6-12(14)17(25)21-15/h4-7,15H,8-9H2,1-3H3,(H,19,24)(H,20,26)(H,21,25). The van der Waals surface area contributed by atoms with E-state index in [4.69, 9.17) is 0 Å². The van der Waals surface area contributed by atoms with Crippen molar-refractivity contribution in [2.24, 2.45) is 7.05 Å². The third-order valence-corrected chi connectivity index (χ3v) is 4.56. The number of amides is 3. The molecule has 2 aromatic rings. The fourth-order valence-electron chi connectivity index (χ4n) is 2.97. The number of aryl methyl sites for hydroxylation is 2. The van der Waals surface area contributed by atoms with Gasteiger partial charge in [-0.1, -0.05) is 12.1 Å². The van der Waals surface area contributed by atoms with Gasteiger partial charge in [0.1, 0.15) is 6.04 Å². The zero-order valence-corrected chi connectivity index (χ0v) is 14.9. The fraction of sp³-hybridized carbons (Fsp3) is 0.333. The van der Waals surface area contributed by atoms with E-state index >= 15 is 0 Å². The van der Waals surface area contributed by atoms with Crippen LogP contribution in [0, 0.1) is 13.8 Å². The van der Waals surface area contributed by atoms with Crippen molar-refractivity contribution in [2.75, 3.05) is 5.32 Å². The van der Waals surface area contributed by atoms with Crippen LogP contribution in [0.1, 0.15) is 33.7 Å². The number of aromatic nitrogens is 2. The van der Waals surface area contributed by atoms with Gasteiger partial charge in [-0.3, -0.25) is 19.1 Å². The van der Waals surface area contributed by atoms with Gasteiger partial charge in [0, 0.05) is 24.8 Å². The van der Waals surface area contributed by atoms with Gasteiger partial charge in [0.25, 0.3) is 5.91 Å². The van der Waals surface area contributed by atoms with Gasteiger partial charge in [-0.25, -0.2) is 0 Å². The van der Waals surface area contributed by atoms with E-state index in [0.29, 0.717) is 17.8 Å². The Morgan fingerprint density at radius 1 is 1.27 bits per heavy atom. The molecule has 0 radical (unpaired) electrons. The van der Waals surface area contributed by atoms with Crippen LogP contribution in [0.5, 0.6) is 0 Å². The second-order valence-corrected chi connectivity index (χ2v) is 6.31. The van der Waals surface area contributed by atoms with Gasteiger partial charge in [-0.15, -0.1) is 0 Å². The van der Waals surface area contributed by atoms with Crippen LogP contribution in [0.2, 0.25) is 0 Å². The molecular formula is C18H21N5O3. The maximum atomic E-state index is 12.3. The minimum atomic E-state index is -0.925. The first-order valence-corrected chi connectivity index (χ1v) is 8.33. The van der Waals surface area contributed by atoms with Crippen LogP contribution >= 0.6 is 0 Å². The second-order valence-electron chi connectivity index (χ2n) is 6.31. The summed E-state index contributed by atoms with van der Waals surface area (Å²) in [6.45, 7) is 4.13. The lowest BCUT2D eigenvalue weighted by molar-refractivity contribution is -0.125. The molecule has 3 N–H and O–H groups in total. The van der Waals surface area contributed by atoms with Crippen LogP contribution in [0.15, 0.2) is 24.3 Å². The summed E-state index contributed by atoms with van der Waals surface area (Å²) in [5.41, 5.74) is 3.59. The van der Waals surface area contributed by atoms with E-state index in [1.807, 2.05) is 20.9 Å². The van der Waals surface area contributed by atoms with Crippen molar-refractivity contribution < 1.29 is 14.4 Å². The molecule has 1 aromatic heterocycles. The minimum absolute atomic E-state index is 0.135. The second kappa shape index (κ2) is 6.99. The number of rotatable bonds is 4. The van der Waals surface area contributed by atoms with Crippen molar-refractivity contribution in [2.45, 2.75) is 32.9 Å². The fourth-order valence-corrected chi connectivity index (χ4v) is 2.97. The first-order chi connectivity index (χ1) is 12.4. The molecule has 26 heavy (non-hydrogen) atoms. The van der Waals surface area contributed by atoms with E-state index in [9.17, 15) is 14.4 Å². The van der Waals surface area contributed by atoms with Gasteiger partial charge in [-0.2, -0.15) is 5.10 Å². The summed E-state index contributed by atoms with van der Waals surface area (Å²) in [5.74, 6) is -1.11. The summed E-state index contributed by atoms with van der Waals surface area (Å²) in [7, 11) is 1.84. The highest BCUT2D eigenvalue weighted by Crippen LogP contribution is 2.19. The third-order valence-electron chi connectivity index (χ3n) is 4.56. The molecule has 136 valence electrons. The Bertz CT molecular complexity index is 887. The Hall–Kier alpha value is -3.16. The number of hydrogen-bond acceptors (Lipinski definition) is 4. The lowest BCUT2D eigenvalue weighted by Gasteiger charge is -2.14. The number of nitrogens with zero attached hydrogens (tertiary/aromatic N) is 2. The number of fused-ring (bicyclic) bond motifs is 1. The minimum Gasteiger partial charge on any atom is -0.352 e. The number of para-hydroxylation sites is 1. The number of carbonyl (C=O) groups is 3. The smallest absolute Gasteiger partial charge is 0.254 e. The molecule has 8 nitrogen and oxygen atoms in total. The van der Waals surface area contributed by atoms with Crippen molar-refractivity contribution >= 4 is 23.4 Å². The molecule has 0 aliphatic carbocycles. The highest BCUT2D eigenvalue weighted by Gasteiger charge is 2.29. The van der Waals surface area contributed by atoms with E-state index < -0.39 is 11.9 Å². The molecule has 1 unspecified atom stereocenters. The lowest BCUT2D eigenvalue weighted by atomic mass is 10.1. The molecule has 3 amide bonds. The van der Waals surface area contributed by atoms with Crippen molar-refractivity contribution in [1.29, 1.82) is 0 Å². The highest BCUT2D eigenvalue weighted by atomic mass is 16.2. The van der Waals surface area contributed by atoms with E-state index in [1.165, 1.54) is 0 Å². The van der Waals surface area contributed by atoms with Crippen LogP contribution in [-0.2, 0) is 23.2 Å². The number of nitrogens with one attached hydrogen (secondary N) is 3. The van der Waals surface area contributed by atoms with Crippen molar-refractivity contribution in [3.8, 4) is 0 Å². The summed E-state index contributed by atoms with van der Waals surface area (Å²) in [6.07, 6.45) is -0.135. The maximum Gasteiger partial charge on any atom is 0.254 e. The predicted octanol–water partition coefficient (Wildman–Crippen LogP) is 0.794. The molecule has 0 fully saturated rings. The Labute approximate surface area is 151 Å². The van der Waals surface area contributed by atoms with E-state index in [2.05, 4.69) is 21.0 Å². The molecule has 2 heterocycles. The summed E-state index contributed by atoms with van der Waals surface area (Å²) in [4.78, 5) is 36.9. The maximum absolute atomic E-state index is 12.3. The van der Waals surface area contributed by atoms with Crippen LogP contribution in [0.3, 0.4) is 0 Å². The average Bonchev–Trinajstić information content (AvgIpc) is 2.77. The van der Waals surface area contributed by atoms with Gasteiger partial charge in [0.15, 0.2) is 0 Å². The summed E-state index contributed by atoms with van der Waals surface area (Å²) >= 11 is 0. The summed E-state index contributed by atoms with van der Waals surface area (Å²) < 4.78 is 1.76. The van der Waals surface area contributed by atoms with Crippen LogP contribution < -0.4 is 16.0 Å². The molecular weight excluding hydrogens is 334 g/mol. The normalized spacial score (nSPS) is 16.3. The summed E-state index contributed by atoms with van der Waals surface area (Å²) in [5, 5.41) is 12.4. The molecule has 1 aromatic carbocycles. The molecule has 1 atom stereocenters. The van der Waals surface area contributed by atoms with E-state index in [-0.39, 0.29) is 18.2 Å². The molecule has 0 bridgehead atoms. The van der Waals surface area contributed by atoms with Crippen molar-refractivity contribution in [3.63, 3.8) is 0 Å². The monoisotopic (exact) mass is 355 g/mol. The number of carbonyl (C=O) groups excluding carboxylic acids is 3. The molecule has 1 aliphatic rings. The number of hydrogen-bond donors (Lipinski definition) is 3. The number of benzene rings is 1. The quantitative estimate of drug-likeness (QED) is 0.754. The number of anilines is 1. The molecule has 1 aliphatic heterocycles. The van der Waals surface area contributed by atoms with Crippen LogP contribution in [0.4, 0.5) is 5.69 Å². The molecule has 0 saturated carbocycles. The molecule has 0 saturated heterocycles. The Balaban J connectivity index is 1.64. The lowest BCUT2D eigenvalue weighted by Crippen LogP contribution is -2.44. The molecule has 0 spiro atoms. The Morgan fingerprint density at radius 2 is 2.00 bits per heavy atom. The Kier molecular flexibility index (Phi) is 4.75. The van der Waals surface area contributed by atoms with Gasteiger partial charge in [0.05, 0.1) is 23.4 Å². The highest BCUT2D eigenvalue weighted by molar-refractivity contribution is 6.10. The Morgan fingerprint density at radius 3 is 2.69 bits per heavy atom. The van der Waals surface area contributed by atoms with Gasteiger partial charge >= 0.3 is 0 Å². The topological polar surface area (TPSA) is 105 Å². The van der Waals surface area contributed by atoms with Gasteiger partial charge in [-0.05, 0) is 26.0 Å². The van der Waals surface area contributed by atoms with Crippen LogP contribution in [-0.4, -0.2) is 33.5 Å². The SMILES string of the molecule is Cc1nn(C)c(C)c1CNC(=O)CC1NC(=O)c2ccccc2NC1=O. The van der Waals surface area contributed by atoms with Crippen molar-refractivity contribution in [3.05, 3.63) is 46.8 Å². The average molecular weight is 355 g/mol. The van der Waals surface area contributed by atoms with Crippen molar-refractivity contribution in [1.82, 2.24) is 20.4 Å². The van der Waals surface area contributed by atoms with Gasteiger partial charge < -0.3 is 16.0 Å². The van der Waals surface area contributed by atoms with Crippen LogP contribution in [0.25, 0.3) is 0 Å². The molecule has 3 rings (SSSR count). The van der Waals surface area contributed by atoms with Gasteiger partial charge in [0.2, 0.25) is 11.8 Å². The largest absolute Gasteiger partial charge is 0.352 e.